The summed E-state index contributed by atoms with van der Waals surface area (Å²) in [4.78, 5) is 0. The van der Waals surface area contributed by atoms with Crippen LogP contribution in [0.1, 0.15) is 20.8 Å². The van der Waals surface area contributed by atoms with Crippen molar-refractivity contribution in [3.63, 3.8) is 0 Å². The van der Waals surface area contributed by atoms with Gasteiger partial charge in [-0.2, -0.15) is 0 Å². The Labute approximate surface area is 109 Å². The lowest BCUT2D eigenvalue weighted by atomic mass is 10.2. The Balaban J connectivity index is 2.52. The topological polar surface area (TPSA) is 69.4 Å². The van der Waals surface area contributed by atoms with Gasteiger partial charge < -0.3 is 10.5 Å². The molecule has 1 unspecified atom stereocenters. The minimum atomic E-state index is -3.10. The molecule has 5 heteroatoms. The van der Waals surface area contributed by atoms with Crippen molar-refractivity contribution in [3.8, 4) is 5.75 Å². The Hall–Kier alpha value is -1.23. The maximum absolute atomic E-state index is 11.9. The minimum absolute atomic E-state index is 0.0289. The van der Waals surface area contributed by atoms with E-state index in [1.807, 2.05) is 13.8 Å². The van der Waals surface area contributed by atoms with Gasteiger partial charge in [0.05, 0.1) is 11.0 Å². The van der Waals surface area contributed by atoms with Gasteiger partial charge in [-0.15, -0.1) is 0 Å². The number of anilines is 1. The quantitative estimate of drug-likeness (QED) is 0.804. The second kappa shape index (κ2) is 6.09. The fourth-order valence-corrected chi connectivity index (χ4v) is 3.00. The highest BCUT2D eigenvalue weighted by Gasteiger charge is 2.23. The molecule has 18 heavy (non-hydrogen) atoms. The summed E-state index contributed by atoms with van der Waals surface area (Å²) in [5.74, 6) is 0.742. The smallest absolute Gasteiger partial charge is 0.156 e. The SMILES string of the molecule is CC(C)C(C)S(=O)(=O)CCOc1cccc(N)c1. The van der Waals surface area contributed by atoms with E-state index in [0.29, 0.717) is 11.4 Å². The van der Waals surface area contributed by atoms with Gasteiger partial charge in [0.2, 0.25) is 0 Å². The number of sulfone groups is 1. The van der Waals surface area contributed by atoms with Gasteiger partial charge in [0.25, 0.3) is 0 Å². The second-order valence-electron chi connectivity index (χ2n) is 4.74. The first-order chi connectivity index (χ1) is 8.33. The van der Waals surface area contributed by atoms with Crippen LogP contribution in [0.2, 0.25) is 0 Å². The summed E-state index contributed by atoms with van der Waals surface area (Å²) in [5.41, 5.74) is 6.21. The van der Waals surface area contributed by atoms with Crippen molar-refractivity contribution in [1.82, 2.24) is 0 Å². The third-order valence-corrected chi connectivity index (χ3v) is 5.41. The molecule has 2 N–H and O–H groups in total. The Morgan fingerprint density at radius 2 is 1.94 bits per heavy atom. The first kappa shape index (κ1) is 14.8. The summed E-state index contributed by atoms with van der Waals surface area (Å²) in [6, 6.07) is 6.97. The van der Waals surface area contributed by atoms with Gasteiger partial charge in [-0.05, 0) is 25.0 Å². The van der Waals surface area contributed by atoms with Crippen LogP contribution in [0.15, 0.2) is 24.3 Å². The second-order valence-corrected chi connectivity index (χ2v) is 7.21. The lowest BCUT2D eigenvalue weighted by molar-refractivity contribution is 0.340. The molecule has 1 rings (SSSR count). The van der Waals surface area contributed by atoms with Crippen molar-refractivity contribution in [3.05, 3.63) is 24.3 Å². The Kier molecular flexibility index (Phi) is 5.02. The molecule has 1 aromatic rings. The monoisotopic (exact) mass is 271 g/mol. The number of hydrogen-bond donors (Lipinski definition) is 1. The summed E-state index contributed by atoms with van der Waals surface area (Å²) in [7, 11) is -3.10. The molecule has 1 atom stereocenters. The average molecular weight is 271 g/mol. The summed E-state index contributed by atoms with van der Waals surface area (Å²) in [6.45, 7) is 5.70. The first-order valence-corrected chi connectivity index (χ1v) is 7.74. The van der Waals surface area contributed by atoms with Crippen molar-refractivity contribution in [2.24, 2.45) is 5.92 Å². The van der Waals surface area contributed by atoms with Crippen LogP contribution in [0.25, 0.3) is 0 Å². The van der Waals surface area contributed by atoms with E-state index in [9.17, 15) is 8.42 Å². The van der Waals surface area contributed by atoms with Crippen LogP contribution in [-0.4, -0.2) is 26.0 Å². The molecular weight excluding hydrogens is 250 g/mol. The fourth-order valence-electron chi connectivity index (χ4n) is 1.48. The molecule has 0 amide bonds. The van der Waals surface area contributed by atoms with Gasteiger partial charge in [-0.25, -0.2) is 8.42 Å². The number of nitrogen functional groups attached to an aromatic ring is 1. The van der Waals surface area contributed by atoms with Crippen molar-refractivity contribution in [1.29, 1.82) is 0 Å². The average Bonchev–Trinajstić information content (AvgIpc) is 2.27. The van der Waals surface area contributed by atoms with E-state index < -0.39 is 9.84 Å². The zero-order chi connectivity index (χ0) is 13.8. The minimum Gasteiger partial charge on any atom is -0.492 e. The van der Waals surface area contributed by atoms with Gasteiger partial charge in [0, 0.05) is 11.8 Å². The van der Waals surface area contributed by atoms with E-state index in [0.717, 1.165) is 0 Å². The number of nitrogens with two attached hydrogens (primary N) is 1. The van der Waals surface area contributed by atoms with E-state index in [-0.39, 0.29) is 23.5 Å². The molecule has 0 aliphatic heterocycles. The Bertz CT molecular complexity index is 483. The van der Waals surface area contributed by atoms with Crippen LogP contribution < -0.4 is 10.5 Å². The lowest BCUT2D eigenvalue weighted by Gasteiger charge is -2.16. The molecule has 0 aliphatic rings. The maximum Gasteiger partial charge on any atom is 0.156 e. The predicted molar refractivity (Wildman–Crippen MR) is 74.4 cm³/mol. The lowest BCUT2D eigenvalue weighted by Crippen LogP contribution is -2.28. The largest absolute Gasteiger partial charge is 0.492 e. The normalized spacial score (nSPS) is 13.6. The number of ether oxygens (including phenoxy) is 1. The molecule has 102 valence electrons. The van der Waals surface area contributed by atoms with E-state index >= 15 is 0 Å². The number of hydrogen-bond acceptors (Lipinski definition) is 4. The van der Waals surface area contributed by atoms with Crippen molar-refractivity contribution < 1.29 is 13.2 Å². The van der Waals surface area contributed by atoms with Crippen LogP contribution in [-0.2, 0) is 9.84 Å². The van der Waals surface area contributed by atoms with E-state index in [4.69, 9.17) is 10.5 Å². The van der Waals surface area contributed by atoms with Crippen LogP contribution in [0.5, 0.6) is 5.75 Å². The van der Waals surface area contributed by atoms with Crippen LogP contribution in [0.3, 0.4) is 0 Å². The zero-order valence-corrected chi connectivity index (χ0v) is 11.9. The highest BCUT2D eigenvalue weighted by molar-refractivity contribution is 7.92. The molecule has 0 aromatic heterocycles. The zero-order valence-electron chi connectivity index (χ0n) is 11.1. The summed E-state index contributed by atoms with van der Waals surface area (Å²) < 4.78 is 29.2. The maximum atomic E-state index is 11.9. The van der Waals surface area contributed by atoms with Crippen LogP contribution >= 0.6 is 0 Å². The van der Waals surface area contributed by atoms with Crippen molar-refractivity contribution in [2.75, 3.05) is 18.1 Å². The third kappa shape index (κ3) is 4.22. The first-order valence-electron chi connectivity index (χ1n) is 6.03. The summed E-state index contributed by atoms with van der Waals surface area (Å²) in [5, 5.41) is -0.345. The van der Waals surface area contributed by atoms with Crippen LogP contribution in [0, 0.1) is 5.92 Å². The Morgan fingerprint density at radius 1 is 1.28 bits per heavy atom. The number of rotatable bonds is 6. The fraction of sp³-hybridized carbons (Fsp3) is 0.538. The van der Waals surface area contributed by atoms with E-state index in [1.54, 1.807) is 31.2 Å². The highest BCUT2D eigenvalue weighted by Crippen LogP contribution is 2.16. The van der Waals surface area contributed by atoms with Crippen molar-refractivity contribution >= 4 is 15.5 Å². The molecule has 4 nitrogen and oxygen atoms in total. The highest BCUT2D eigenvalue weighted by atomic mass is 32.2. The molecule has 0 spiro atoms. The van der Waals surface area contributed by atoms with Crippen molar-refractivity contribution in [2.45, 2.75) is 26.0 Å². The van der Waals surface area contributed by atoms with Gasteiger partial charge in [0.1, 0.15) is 12.4 Å². The van der Waals surface area contributed by atoms with Gasteiger partial charge in [-0.1, -0.05) is 19.9 Å². The summed E-state index contributed by atoms with van der Waals surface area (Å²) in [6.07, 6.45) is 0. The molecular formula is C13H21NO3S. The molecule has 0 fully saturated rings. The standard InChI is InChI=1S/C13H21NO3S/c1-10(2)11(3)18(15,16)8-7-17-13-6-4-5-12(14)9-13/h4-6,9-11H,7-8,14H2,1-3H3. The molecule has 0 aliphatic carbocycles. The van der Waals surface area contributed by atoms with Gasteiger partial charge in [-0.3, -0.25) is 0 Å². The van der Waals surface area contributed by atoms with E-state index in [1.165, 1.54) is 0 Å². The van der Waals surface area contributed by atoms with Crippen LogP contribution in [0.4, 0.5) is 5.69 Å². The van der Waals surface area contributed by atoms with E-state index in [2.05, 4.69) is 0 Å². The Morgan fingerprint density at radius 3 is 2.50 bits per heavy atom. The summed E-state index contributed by atoms with van der Waals surface area (Å²) >= 11 is 0. The van der Waals surface area contributed by atoms with Gasteiger partial charge >= 0.3 is 0 Å². The third-order valence-electron chi connectivity index (χ3n) is 3.00. The molecule has 1 aromatic carbocycles. The van der Waals surface area contributed by atoms with Gasteiger partial charge in [0.15, 0.2) is 9.84 Å². The predicted octanol–water partition coefficient (Wildman–Crippen LogP) is 2.11. The molecule has 0 radical (unpaired) electrons. The number of benzene rings is 1. The molecule has 0 saturated heterocycles. The molecule has 0 bridgehead atoms. The molecule has 0 heterocycles. The molecule has 0 saturated carbocycles.